The summed E-state index contributed by atoms with van der Waals surface area (Å²) in [4.78, 5) is 14.1. The Labute approximate surface area is 155 Å². The van der Waals surface area contributed by atoms with Gasteiger partial charge in [0.05, 0.1) is 18.8 Å². The molecule has 0 bridgehead atoms. The Morgan fingerprint density at radius 1 is 1.31 bits per heavy atom. The first-order valence-electron chi connectivity index (χ1n) is 9.40. The lowest BCUT2D eigenvalue weighted by molar-refractivity contribution is -0.137. The monoisotopic (exact) mass is 358 g/mol. The molecule has 1 aliphatic heterocycles. The number of nitrogens with zero attached hydrogens (tertiary/aromatic N) is 5. The van der Waals surface area contributed by atoms with Crippen molar-refractivity contribution in [2.45, 2.75) is 45.3 Å². The van der Waals surface area contributed by atoms with Gasteiger partial charge in [-0.15, -0.1) is 0 Å². The minimum Gasteiger partial charge on any atom is -0.338 e. The Balaban J connectivity index is 1.70. The van der Waals surface area contributed by atoms with Crippen molar-refractivity contribution in [2.75, 3.05) is 13.6 Å². The van der Waals surface area contributed by atoms with Crippen molar-refractivity contribution in [3.05, 3.63) is 36.4 Å². The third-order valence-corrected chi connectivity index (χ3v) is 5.44. The first kappa shape index (κ1) is 18.6. The van der Waals surface area contributed by atoms with Crippen LogP contribution in [0.5, 0.6) is 0 Å². The number of aryl methyl sites for hydroxylation is 1. The molecule has 0 aromatic carbocycles. The fourth-order valence-electron chi connectivity index (χ4n) is 3.84. The summed E-state index contributed by atoms with van der Waals surface area (Å²) < 4.78 is 3.79. The summed E-state index contributed by atoms with van der Waals surface area (Å²) in [5.41, 5.74) is 1.11. The Morgan fingerprint density at radius 3 is 2.73 bits per heavy atom. The van der Waals surface area contributed by atoms with Crippen LogP contribution in [-0.2, 0) is 18.4 Å². The molecular formula is C19H30N6O. The number of piperidine rings is 1. The van der Waals surface area contributed by atoms with Gasteiger partial charge in [-0.05, 0) is 24.3 Å². The van der Waals surface area contributed by atoms with Crippen LogP contribution in [0.25, 0.3) is 0 Å². The van der Waals surface area contributed by atoms with E-state index in [0.717, 1.165) is 25.1 Å². The standard InChI is InChI=1S/C19H30N6O/c1-14(2)17(13-25-9-5-8-21-25)20-10-15-6-7-18(26)24(4)19(15)16-11-22-23(3)12-16/h5,8-9,11-12,14-15,17,19-20H,6-7,10,13H2,1-4H3/t15-,17?,19+/m1/s1. The van der Waals surface area contributed by atoms with Crippen molar-refractivity contribution in [3.8, 4) is 0 Å². The van der Waals surface area contributed by atoms with Crippen molar-refractivity contribution in [1.29, 1.82) is 0 Å². The van der Waals surface area contributed by atoms with E-state index in [1.807, 2.05) is 54.5 Å². The molecule has 1 fully saturated rings. The van der Waals surface area contributed by atoms with Crippen LogP contribution in [0.2, 0.25) is 0 Å². The number of nitrogens with one attached hydrogen (secondary N) is 1. The number of carbonyl (C=O) groups excluding carboxylic acids is 1. The summed E-state index contributed by atoms with van der Waals surface area (Å²) in [5, 5.41) is 12.4. The Morgan fingerprint density at radius 2 is 2.12 bits per heavy atom. The zero-order chi connectivity index (χ0) is 18.7. The molecule has 0 aliphatic carbocycles. The van der Waals surface area contributed by atoms with E-state index in [4.69, 9.17) is 0 Å². The minimum absolute atomic E-state index is 0.0787. The predicted molar refractivity (Wildman–Crippen MR) is 100 cm³/mol. The first-order valence-corrected chi connectivity index (χ1v) is 9.40. The molecule has 1 saturated heterocycles. The van der Waals surface area contributed by atoms with E-state index in [9.17, 15) is 4.79 Å². The van der Waals surface area contributed by atoms with Crippen molar-refractivity contribution >= 4 is 5.91 Å². The summed E-state index contributed by atoms with van der Waals surface area (Å²) in [6, 6.07) is 2.37. The highest BCUT2D eigenvalue weighted by Gasteiger charge is 2.35. The van der Waals surface area contributed by atoms with Crippen LogP contribution in [0.3, 0.4) is 0 Å². The second-order valence-corrected chi connectivity index (χ2v) is 7.68. The van der Waals surface area contributed by atoms with Crippen LogP contribution in [-0.4, -0.2) is 50.0 Å². The fraction of sp³-hybridized carbons (Fsp3) is 0.632. The summed E-state index contributed by atoms with van der Waals surface area (Å²) in [6.45, 7) is 6.19. The Hall–Kier alpha value is -2.15. The number of amides is 1. The fourth-order valence-corrected chi connectivity index (χ4v) is 3.84. The molecule has 1 amide bonds. The van der Waals surface area contributed by atoms with Crippen LogP contribution in [0, 0.1) is 11.8 Å². The van der Waals surface area contributed by atoms with E-state index < -0.39 is 0 Å². The van der Waals surface area contributed by atoms with Gasteiger partial charge in [0.15, 0.2) is 0 Å². The van der Waals surface area contributed by atoms with Gasteiger partial charge in [-0.25, -0.2) is 0 Å². The maximum atomic E-state index is 12.3. The van der Waals surface area contributed by atoms with E-state index in [-0.39, 0.29) is 11.9 Å². The molecule has 0 saturated carbocycles. The van der Waals surface area contributed by atoms with Crippen LogP contribution < -0.4 is 5.32 Å². The van der Waals surface area contributed by atoms with Crippen LogP contribution in [0.4, 0.5) is 0 Å². The average molecular weight is 358 g/mol. The van der Waals surface area contributed by atoms with Gasteiger partial charge in [0, 0.05) is 57.3 Å². The summed E-state index contributed by atoms with van der Waals surface area (Å²) >= 11 is 0. The molecule has 2 aromatic rings. The highest BCUT2D eigenvalue weighted by molar-refractivity contribution is 5.77. The van der Waals surface area contributed by atoms with Gasteiger partial charge in [-0.3, -0.25) is 14.2 Å². The quantitative estimate of drug-likeness (QED) is 0.820. The van der Waals surface area contributed by atoms with Crippen molar-refractivity contribution in [1.82, 2.24) is 29.8 Å². The van der Waals surface area contributed by atoms with Crippen LogP contribution >= 0.6 is 0 Å². The van der Waals surface area contributed by atoms with Crippen molar-refractivity contribution < 1.29 is 4.79 Å². The Bertz CT molecular complexity index is 707. The normalized spacial score (nSPS) is 22.2. The molecule has 3 atom stereocenters. The molecular weight excluding hydrogens is 328 g/mol. The van der Waals surface area contributed by atoms with Crippen LogP contribution in [0.1, 0.15) is 38.3 Å². The number of likely N-dealkylation sites (tertiary alicyclic amines) is 1. The predicted octanol–water partition coefficient (Wildman–Crippen LogP) is 1.84. The highest BCUT2D eigenvalue weighted by Crippen LogP contribution is 2.35. The lowest BCUT2D eigenvalue weighted by atomic mass is 9.85. The van der Waals surface area contributed by atoms with E-state index in [1.54, 1.807) is 4.68 Å². The molecule has 3 heterocycles. The van der Waals surface area contributed by atoms with Crippen LogP contribution in [0.15, 0.2) is 30.9 Å². The van der Waals surface area contributed by atoms with E-state index in [0.29, 0.717) is 24.3 Å². The molecule has 142 valence electrons. The number of hydrogen-bond acceptors (Lipinski definition) is 4. The van der Waals surface area contributed by atoms with Gasteiger partial charge >= 0.3 is 0 Å². The third-order valence-electron chi connectivity index (χ3n) is 5.44. The molecule has 1 aliphatic rings. The van der Waals surface area contributed by atoms with Gasteiger partial charge < -0.3 is 10.2 Å². The largest absolute Gasteiger partial charge is 0.338 e. The molecule has 2 aromatic heterocycles. The Kier molecular flexibility index (Phi) is 5.76. The highest BCUT2D eigenvalue weighted by atomic mass is 16.2. The van der Waals surface area contributed by atoms with Gasteiger partial charge in [-0.1, -0.05) is 13.8 Å². The lowest BCUT2D eigenvalue weighted by Gasteiger charge is -2.39. The number of aromatic nitrogens is 4. The lowest BCUT2D eigenvalue weighted by Crippen LogP contribution is -2.47. The van der Waals surface area contributed by atoms with Gasteiger partial charge in [0.25, 0.3) is 0 Å². The molecule has 26 heavy (non-hydrogen) atoms. The zero-order valence-electron chi connectivity index (χ0n) is 16.2. The molecule has 0 spiro atoms. The summed E-state index contributed by atoms with van der Waals surface area (Å²) in [5.74, 6) is 1.09. The van der Waals surface area contributed by atoms with Crippen molar-refractivity contribution in [3.63, 3.8) is 0 Å². The number of hydrogen-bond donors (Lipinski definition) is 1. The maximum Gasteiger partial charge on any atom is 0.222 e. The van der Waals surface area contributed by atoms with E-state index in [1.165, 1.54) is 0 Å². The van der Waals surface area contributed by atoms with Crippen molar-refractivity contribution in [2.24, 2.45) is 18.9 Å². The van der Waals surface area contributed by atoms with Gasteiger partial charge in [-0.2, -0.15) is 10.2 Å². The second kappa shape index (κ2) is 8.03. The maximum absolute atomic E-state index is 12.3. The summed E-state index contributed by atoms with van der Waals surface area (Å²) in [7, 11) is 3.83. The molecule has 3 rings (SSSR count). The zero-order valence-corrected chi connectivity index (χ0v) is 16.2. The second-order valence-electron chi connectivity index (χ2n) is 7.68. The average Bonchev–Trinajstić information content (AvgIpc) is 3.26. The third kappa shape index (κ3) is 4.15. The first-order chi connectivity index (χ1) is 12.5. The van der Waals surface area contributed by atoms with Gasteiger partial charge in [0.2, 0.25) is 5.91 Å². The summed E-state index contributed by atoms with van der Waals surface area (Å²) in [6.07, 6.45) is 9.25. The topological polar surface area (TPSA) is 68.0 Å². The van der Waals surface area contributed by atoms with Gasteiger partial charge in [0.1, 0.15) is 0 Å². The molecule has 7 heteroatoms. The van der Waals surface area contributed by atoms with E-state index >= 15 is 0 Å². The number of rotatable bonds is 7. The smallest absolute Gasteiger partial charge is 0.222 e. The molecule has 1 unspecified atom stereocenters. The number of carbonyl (C=O) groups is 1. The molecule has 0 radical (unpaired) electrons. The molecule has 7 nitrogen and oxygen atoms in total. The minimum atomic E-state index is 0.0787. The van der Waals surface area contributed by atoms with E-state index in [2.05, 4.69) is 29.4 Å². The SMILES string of the molecule is CC(C)C(Cn1cccn1)NC[C@H]1CCC(=O)N(C)[C@@H]1c1cnn(C)c1. The molecule has 1 N–H and O–H groups in total.